The van der Waals surface area contributed by atoms with Crippen LogP contribution in [0.5, 0.6) is 11.5 Å². The first-order chi connectivity index (χ1) is 10.8. The number of nitrogens with zero attached hydrogens (tertiary/aromatic N) is 1. The SMILES string of the molecule is COc1ccc(CNc2cc(I)cc(C(F)(F)F)n2)cc1OC. The van der Waals surface area contributed by atoms with Crippen LogP contribution in [0.25, 0.3) is 0 Å². The molecule has 0 saturated carbocycles. The summed E-state index contributed by atoms with van der Waals surface area (Å²) in [7, 11) is 3.05. The molecule has 23 heavy (non-hydrogen) atoms. The molecule has 0 fully saturated rings. The number of benzene rings is 1. The molecule has 0 unspecified atom stereocenters. The number of rotatable bonds is 5. The molecule has 0 spiro atoms. The van der Waals surface area contributed by atoms with Gasteiger partial charge in [0, 0.05) is 10.1 Å². The van der Waals surface area contributed by atoms with E-state index in [9.17, 15) is 13.2 Å². The third-order valence-electron chi connectivity index (χ3n) is 3.00. The van der Waals surface area contributed by atoms with Gasteiger partial charge in [-0.1, -0.05) is 6.07 Å². The molecule has 0 aliphatic carbocycles. The van der Waals surface area contributed by atoms with Gasteiger partial charge in [0.25, 0.3) is 0 Å². The summed E-state index contributed by atoms with van der Waals surface area (Å²) in [4.78, 5) is 3.60. The maximum Gasteiger partial charge on any atom is 0.433 e. The largest absolute Gasteiger partial charge is 0.493 e. The van der Waals surface area contributed by atoms with Gasteiger partial charge in [-0.3, -0.25) is 0 Å². The van der Waals surface area contributed by atoms with Crippen LogP contribution in [0, 0.1) is 3.57 Å². The predicted octanol–water partition coefficient (Wildman–Crippen LogP) is 4.33. The smallest absolute Gasteiger partial charge is 0.433 e. The highest BCUT2D eigenvalue weighted by atomic mass is 127. The number of aromatic nitrogens is 1. The summed E-state index contributed by atoms with van der Waals surface area (Å²) in [5, 5.41) is 2.89. The molecule has 2 aromatic rings. The Morgan fingerprint density at radius 2 is 1.78 bits per heavy atom. The number of anilines is 1. The highest BCUT2D eigenvalue weighted by molar-refractivity contribution is 14.1. The molecule has 0 atom stereocenters. The third kappa shape index (κ3) is 4.63. The van der Waals surface area contributed by atoms with Crippen molar-refractivity contribution in [1.82, 2.24) is 4.98 Å². The average Bonchev–Trinajstić information content (AvgIpc) is 2.51. The quantitative estimate of drug-likeness (QED) is 0.706. The number of pyridine rings is 1. The summed E-state index contributed by atoms with van der Waals surface area (Å²) in [6.07, 6.45) is -4.47. The Morgan fingerprint density at radius 1 is 1.09 bits per heavy atom. The minimum Gasteiger partial charge on any atom is -0.493 e. The molecule has 1 heterocycles. The molecule has 0 bridgehead atoms. The van der Waals surface area contributed by atoms with Gasteiger partial charge >= 0.3 is 6.18 Å². The topological polar surface area (TPSA) is 43.4 Å². The first kappa shape index (κ1) is 17.6. The van der Waals surface area contributed by atoms with Crippen LogP contribution in [0.4, 0.5) is 19.0 Å². The molecule has 0 aliphatic rings. The second kappa shape index (κ2) is 7.24. The Bertz CT molecular complexity index is 693. The van der Waals surface area contributed by atoms with Gasteiger partial charge in [-0.05, 0) is 52.4 Å². The Kier molecular flexibility index (Phi) is 5.55. The van der Waals surface area contributed by atoms with Crippen molar-refractivity contribution in [2.45, 2.75) is 12.7 Å². The lowest BCUT2D eigenvalue weighted by molar-refractivity contribution is -0.141. The number of hydrogen-bond donors (Lipinski definition) is 1. The van der Waals surface area contributed by atoms with Crippen LogP contribution in [0.3, 0.4) is 0 Å². The van der Waals surface area contributed by atoms with Crippen molar-refractivity contribution >= 4 is 28.4 Å². The standard InChI is InChI=1S/C15H14F3IN2O2/c1-22-11-4-3-9(5-12(11)23-2)8-20-14-7-10(19)6-13(21-14)15(16,17)18/h3-7H,8H2,1-2H3,(H,20,21). The molecular weight excluding hydrogens is 424 g/mol. The van der Waals surface area contributed by atoms with Crippen LogP contribution in [-0.4, -0.2) is 19.2 Å². The normalized spacial score (nSPS) is 11.2. The Hall–Kier alpha value is -1.71. The third-order valence-corrected chi connectivity index (χ3v) is 3.62. The summed E-state index contributed by atoms with van der Waals surface area (Å²) in [6, 6.07) is 7.84. The van der Waals surface area contributed by atoms with Crippen LogP contribution in [0.15, 0.2) is 30.3 Å². The number of methoxy groups -OCH3 is 2. The highest BCUT2D eigenvalue weighted by Crippen LogP contribution is 2.30. The second-order valence-corrected chi connectivity index (χ2v) is 5.84. The molecule has 8 heteroatoms. The van der Waals surface area contributed by atoms with E-state index in [-0.39, 0.29) is 5.82 Å². The lowest BCUT2D eigenvalue weighted by atomic mass is 10.2. The fourth-order valence-corrected chi connectivity index (χ4v) is 2.51. The molecule has 1 N–H and O–H groups in total. The lowest BCUT2D eigenvalue weighted by Gasteiger charge is -2.12. The summed E-state index contributed by atoms with van der Waals surface area (Å²) in [6.45, 7) is 0.310. The van der Waals surface area contributed by atoms with Gasteiger partial charge in [0.1, 0.15) is 11.5 Å². The first-order valence-electron chi connectivity index (χ1n) is 6.53. The molecule has 124 valence electrons. The molecule has 1 aromatic heterocycles. The number of nitrogens with one attached hydrogen (secondary N) is 1. The van der Waals surface area contributed by atoms with Gasteiger partial charge in [0.2, 0.25) is 0 Å². The van der Waals surface area contributed by atoms with Gasteiger partial charge in [0.15, 0.2) is 11.5 Å². The Balaban J connectivity index is 2.16. The van der Waals surface area contributed by atoms with Crippen LogP contribution in [-0.2, 0) is 12.7 Å². The van der Waals surface area contributed by atoms with Gasteiger partial charge in [-0.2, -0.15) is 13.2 Å². The molecule has 1 aromatic carbocycles. The number of hydrogen-bond acceptors (Lipinski definition) is 4. The lowest BCUT2D eigenvalue weighted by Crippen LogP contribution is -2.11. The summed E-state index contributed by atoms with van der Waals surface area (Å²) < 4.78 is 49.1. The van der Waals surface area contributed by atoms with Gasteiger partial charge < -0.3 is 14.8 Å². The van der Waals surface area contributed by atoms with Crippen molar-refractivity contribution in [2.24, 2.45) is 0 Å². The molecule has 0 aliphatic heterocycles. The number of ether oxygens (including phenoxy) is 2. The van der Waals surface area contributed by atoms with Crippen molar-refractivity contribution in [2.75, 3.05) is 19.5 Å². The van der Waals surface area contributed by atoms with E-state index in [1.807, 2.05) is 22.6 Å². The van der Waals surface area contributed by atoms with Crippen LogP contribution < -0.4 is 14.8 Å². The number of alkyl halides is 3. The fourth-order valence-electron chi connectivity index (χ4n) is 1.92. The summed E-state index contributed by atoms with van der Waals surface area (Å²) >= 11 is 1.83. The van der Waals surface area contributed by atoms with Crippen molar-refractivity contribution in [1.29, 1.82) is 0 Å². The molecule has 0 saturated heterocycles. The minimum atomic E-state index is -4.47. The zero-order chi connectivity index (χ0) is 17.0. The Morgan fingerprint density at radius 3 is 2.39 bits per heavy atom. The van der Waals surface area contributed by atoms with E-state index in [1.165, 1.54) is 14.2 Å². The van der Waals surface area contributed by atoms with E-state index in [0.29, 0.717) is 21.6 Å². The minimum absolute atomic E-state index is 0.166. The predicted molar refractivity (Wildman–Crippen MR) is 88.8 cm³/mol. The van der Waals surface area contributed by atoms with E-state index < -0.39 is 11.9 Å². The van der Waals surface area contributed by atoms with Crippen LogP contribution in [0.1, 0.15) is 11.3 Å². The summed E-state index contributed by atoms with van der Waals surface area (Å²) in [5.41, 5.74) is -0.0870. The van der Waals surface area contributed by atoms with Gasteiger partial charge in [0.05, 0.1) is 14.2 Å². The monoisotopic (exact) mass is 438 g/mol. The van der Waals surface area contributed by atoms with Crippen molar-refractivity contribution in [3.8, 4) is 11.5 Å². The zero-order valence-electron chi connectivity index (χ0n) is 12.4. The van der Waals surface area contributed by atoms with Gasteiger partial charge in [-0.15, -0.1) is 0 Å². The molecule has 0 amide bonds. The van der Waals surface area contributed by atoms with Gasteiger partial charge in [-0.25, -0.2) is 4.98 Å². The van der Waals surface area contributed by atoms with Crippen LogP contribution in [0.2, 0.25) is 0 Å². The second-order valence-electron chi connectivity index (χ2n) is 4.60. The van der Waals surface area contributed by atoms with Crippen molar-refractivity contribution < 1.29 is 22.6 Å². The zero-order valence-corrected chi connectivity index (χ0v) is 14.5. The van der Waals surface area contributed by atoms with Crippen molar-refractivity contribution in [3.63, 3.8) is 0 Å². The maximum atomic E-state index is 12.8. The van der Waals surface area contributed by atoms with E-state index in [0.717, 1.165) is 11.6 Å². The maximum absolute atomic E-state index is 12.8. The van der Waals surface area contributed by atoms with Crippen LogP contribution >= 0.6 is 22.6 Å². The molecule has 0 radical (unpaired) electrons. The number of halogens is 4. The van der Waals surface area contributed by atoms with E-state index >= 15 is 0 Å². The first-order valence-corrected chi connectivity index (χ1v) is 7.61. The Labute approximate surface area is 145 Å². The van der Waals surface area contributed by atoms with E-state index in [1.54, 1.807) is 24.3 Å². The highest BCUT2D eigenvalue weighted by Gasteiger charge is 2.33. The molecule has 2 rings (SSSR count). The fraction of sp³-hybridized carbons (Fsp3) is 0.267. The van der Waals surface area contributed by atoms with E-state index in [2.05, 4.69) is 10.3 Å². The summed E-state index contributed by atoms with van der Waals surface area (Å²) in [5.74, 6) is 1.31. The molecular formula is C15H14F3IN2O2. The average molecular weight is 438 g/mol. The van der Waals surface area contributed by atoms with E-state index in [4.69, 9.17) is 9.47 Å². The van der Waals surface area contributed by atoms with Crippen molar-refractivity contribution in [3.05, 3.63) is 45.2 Å². The molecule has 4 nitrogen and oxygen atoms in total.